The average molecular weight is 382 g/mol. The molecule has 146 valence electrons. The number of piperidine rings is 1. The van der Waals surface area contributed by atoms with Crippen molar-refractivity contribution in [2.75, 3.05) is 13.1 Å². The number of nitrogens with two attached hydrogens (primary N) is 1. The first kappa shape index (κ1) is 22.1. The molecule has 1 heterocycles. The third kappa shape index (κ3) is 4.60. The van der Waals surface area contributed by atoms with Gasteiger partial charge in [0.05, 0.1) is 18.8 Å². The van der Waals surface area contributed by atoms with Gasteiger partial charge in [-0.05, 0) is 25.2 Å². The maximum atomic E-state index is 12.4. The molecule has 25 heavy (non-hydrogen) atoms. The predicted octanol–water partition coefficient (Wildman–Crippen LogP) is -2.67. The number of amides is 2. The van der Waals surface area contributed by atoms with Crippen molar-refractivity contribution in [1.29, 1.82) is 0 Å². The van der Waals surface area contributed by atoms with E-state index in [2.05, 4.69) is 5.32 Å². The van der Waals surface area contributed by atoms with E-state index in [1.807, 2.05) is 6.92 Å². The highest BCUT2D eigenvalue weighted by Gasteiger charge is 2.63. The number of rotatable bonds is 8. The number of carbonyl (C=O) groups excluding carboxylic acids is 2. The summed E-state index contributed by atoms with van der Waals surface area (Å²) in [4.78, 5) is 25.4. The number of hydrogen-bond donors (Lipinski definition) is 6. The number of nitrogens with one attached hydrogen (secondary N) is 1. The van der Waals surface area contributed by atoms with Crippen molar-refractivity contribution in [3.05, 3.63) is 0 Å². The molecule has 0 aromatic heterocycles. The van der Waals surface area contributed by atoms with Gasteiger partial charge in [-0.2, -0.15) is 0 Å². The summed E-state index contributed by atoms with van der Waals surface area (Å²) in [5.74, 6) is -0.810. The second-order valence-corrected chi connectivity index (χ2v) is 7.22. The van der Waals surface area contributed by atoms with Gasteiger partial charge in [0.25, 0.3) is 0 Å². The zero-order valence-corrected chi connectivity index (χ0v) is 15.1. The normalized spacial score (nSPS) is 32.2. The first-order valence-corrected chi connectivity index (χ1v) is 8.12. The van der Waals surface area contributed by atoms with Crippen LogP contribution in [0.2, 0.25) is 0 Å². The molecule has 2 aliphatic rings. The molecule has 7 N–H and O–H groups in total. The van der Waals surface area contributed by atoms with E-state index in [0.29, 0.717) is 6.42 Å². The molecule has 0 aromatic carbocycles. The third-order valence-corrected chi connectivity index (χ3v) is 5.12. The lowest BCUT2D eigenvalue weighted by atomic mass is 10.0. The number of fused-ring (bicyclic) bond motifs is 1. The Morgan fingerprint density at radius 3 is 2.36 bits per heavy atom. The maximum Gasteiger partial charge on any atom is 0.240 e. The summed E-state index contributed by atoms with van der Waals surface area (Å²) in [7, 11) is 0. The number of aliphatic hydroxyl groups excluding tert-OH is 4. The van der Waals surface area contributed by atoms with Gasteiger partial charge in [-0.15, -0.1) is 12.4 Å². The Kier molecular flexibility index (Phi) is 7.20. The maximum absolute atomic E-state index is 12.4. The molecule has 1 saturated carbocycles. The first-order valence-electron chi connectivity index (χ1n) is 8.12. The standard InChI is InChI=1S/C15H27N3O6.ClH/c1-7(19)12(22)13(23)9(20)5-17-6-11(21)18-8(14(16)24)3-15(2)4-10(15)18;/h7-10,12-13,17,19-20,22-23H,3-6H2,1-2H3,(H2,16,24);1H/t7-,8?,9-,10?,12-,13-,15?;/m0./s1. The van der Waals surface area contributed by atoms with Gasteiger partial charge in [-0.25, -0.2) is 0 Å². The Labute approximate surface area is 152 Å². The lowest BCUT2D eigenvalue weighted by Gasteiger charge is -2.27. The fraction of sp³-hybridized carbons (Fsp3) is 0.867. The second-order valence-electron chi connectivity index (χ2n) is 7.22. The Morgan fingerprint density at radius 1 is 1.24 bits per heavy atom. The molecule has 0 radical (unpaired) electrons. The summed E-state index contributed by atoms with van der Waals surface area (Å²) in [5.41, 5.74) is 5.33. The molecule has 9 nitrogen and oxygen atoms in total. The number of nitrogens with zero attached hydrogens (tertiary/aromatic N) is 1. The smallest absolute Gasteiger partial charge is 0.240 e. The van der Waals surface area contributed by atoms with Crippen LogP contribution < -0.4 is 11.1 Å². The number of aliphatic hydroxyl groups is 4. The lowest BCUT2D eigenvalue weighted by molar-refractivity contribution is -0.138. The van der Waals surface area contributed by atoms with E-state index < -0.39 is 36.4 Å². The number of carbonyl (C=O) groups is 2. The summed E-state index contributed by atoms with van der Waals surface area (Å²) in [6.45, 7) is 3.05. The average Bonchev–Trinajstić information content (AvgIpc) is 3.06. The lowest BCUT2D eigenvalue weighted by Crippen LogP contribution is -2.51. The van der Waals surface area contributed by atoms with Crippen molar-refractivity contribution < 1.29 is 30.0 Å². The minimum Gasteiger partial charge on any atom is -0.391 e. The zero-order chi connectivity index (χ0) is 18.2. The molecular weight excluding hydrogens is 354 g/mol. The molecule has 0 aromatic rings. The summed E-state index contributed by atoms with van der Waals surface area (Å²) in [5, 5.41) is 40.8. The Balaban J connectivity index is 0.00000312. The second kappa shape index (κ2) is 8.15. The van der Waals surface area contributed by atoms with Crippen LogP contribution in [0.15, 0.2) is 0 Å². The molecule has 0 spiro atoms. The molecule has 2 amide bonds. The van der Waals surface area contributed by atoms with Crippen LogP contribution in [0.5, 0.6) is 0 Å². The van der Waals surface area contributed by atoms with Gasteiger partial charge in [-0.3, -0.25) is 9.59 Å². The van der Waals surface area contributed by atoms with Crippen molar-refractivity contribution in [2.24, 2.45) is 11.1 Å². The van der Waals surface area contributed by atoms with Gasteiger partial charge >= 0.3 is 0 Å². The molecular formula is C15H28ClN3O6. The first-order chi connectivity index (χ1) is 11.1. The van der Waals surface area contributed by atoms with Crippen LogP contribution in [0.25, 0.3) is 0 Å². The van der Waals surface area contributed by atoms with E-state index in [9.17, 15) is 30.0 Å². The van der Waals surface area contributed by atoms with E-state index in [0.717, 1.165) is 6.42 Å². The topological polar surface area (TPSA) is 156 Å². The fourth-order valence-electron chi connectivity index (χ4n) is 3.43. The molecule has 1 saturated heterocycles. The van der Waals surface area contributed by atoms with E-state index in [1.165, 1.54) is 11.8 Å². The van der Waals surface area contributed by atoms with Crippen molar-refractivity contribution in [1.82, 2.24) is 10.2 Å². The fourth-order valence-corrected chi connectivity index (χ4v) is 3.43. The SMILES string of the molecule is C[C@H](O)[C@H](O)[C@@H](O)[C@@H](O)CNCC(=O)N1C(C(N)=O)CC2(C)CC12.Cl. The van der Waals surface area contributed by atoms with Crippen LogP contribution >= 0.6 is 12.4 Å². The highest BCUT2D eigenvalue weighted by atomic mass is 35.5. The summed E-state index contributed by atoms with van der Waals surface area (Å²) in [6, 6.07) is -0.576. The number of hydrogen-bond acceptors (Lipinski definition) is 7. The van der Waals surface area contributed by atoms with Gasteiger partial charge in [0.15, 0.2) is 0 Å². The number of likely N-dealkylation sites (tertiary alicyclic amines) is 1. The van der Waals surface area contributed by atoms with E-state index in [1.54, 1.807) is 0 Å². The molecule has 1 aliphatic carbocycles. The summed E-state index contributed by atoms with van der Waals surface area (Å²) >= 11 is 0. The van der Waals surface area contributed by atoms with Crippen LogP contribution in [-0.2, 0) is 9.59 Å². The van der Waals surface area contributed by atoms with Gasteiger partial charge in [0.2, 0.25) is 11.8 Å². The number of primary amides is 1. The van der Waals surface area contributed by atoms with Crippen molar-refractivity contribution in [3.8, 4) is 0 Å². The monoisotopic (exact) mass is 381 g/mol. The van der Waals surface area contributed by atoms with Gasteiger partial charge in [-0.1, -0.05) is 6.92 Å². The quantitative estimate of drug-likeness (QED) is 0.267. The van der Waals surface area contributed by atoms with E-state index in [4.69, 9.17) is 5.73 Å². The van der Waals surface area contributed by atoms with Crippen LogP contribution in [0, 0.1) is 5.41 Å². The Hall–Kier alpha value is -0.970. The summed E-state index contributed by atoms with van der Waals surface area (Å²) in [6.07, 6.45) is -4.14. The molecule has 10 heteroatoms. The summed E-state index contributed by atoms with van der Waals surface area (Å²) < 4.78 is 0. The molecule has 7 atom stereocenters. The molecule has 2 rings (SSSR count). The molecule has 1 aliphatic heterocycles. The van der Waals surface area contributed by atoms with Gasteiger partial charge in [0.1, 0.15) is 18.2 Å². The van der Waals surface area contributed by atoms with E-state index in [-0.39, 0.29) is 42.9 Å². The largest absolute Gasteiger partial charge is 0.391 e. The van der Waals surface area contributed by atoms with E-state index >= 15 is 0 Å². The van der Waals surface area contributed by atoms with Gasteiger partial charge in [0, 0.05) is 12.6 Å². The Bertz CT molecular complexity index is 508. The van der Waals surface area contributed by atoms with Crippen LogP contribution in [0.4, 0.5) is 0 Å². The molecule has 2 fully saturated rings. The predicted molar refractivity (Wildman–Crippen MR) is 90.8 cm³/mol. The highest BCUT2D eigenvalue weighted by molar-refractivity contribution is 5.89. The Morgan fingerprint density at radius 2 is 1.84 bits per heavy atom. The van der Waals surface area contributed by atoms with Crippen molar-refractivity contribution in [2.45, 2.75) is 63.2 Å². The van der Waals surface area contributed by atoms with Crippen molar-refractivity contribution >= 4 is 24.2 Å². The minimum absolute atomic E-state index is 0. The third-order valence-electron chi connectivity index (χ3n) is 5.12. The molecule has 0 bridgehead atoms. The minimum atomic E-state index is -1.54. The van der Waals surface area contributed by atoms with Crippen LogP contribution in [0.1, 0.15) is 26.7 Å². The highest BCUT2D eigenvalue weighted by Crippen LogP contribution is 2.58. The van der Waals surface area contributed by atoms with Crippen LogP contribution in [0.3, 0.4) is 0 Å². The molecule has 3 unspecified atom stereocenters. The van der Waals surface area contributed by atoms with Crippen molar-refractivity contribution in [3.63, 3.8) is 0 Å². The van der Waals surface area contributed by atoms with Crippen LogP contribution in [-0.4, -0.2) is 86.7 Å². The zero-order valence-electron chi connectivity index (χ0n) is 14.3. The number of halogens is 1. The van der Waals surface area contributed by atoms with Gasteiger partial charge < -0.3 is 36.4 Å².